The van der Waals surface area contributed by atoms with Crippen LogP contribution in [0.5, 0.6) is 0 Å². The van der Waals surface area contributed by atoms with Crippen LogP contribution in [0.4, 0.5) is 0 Å². The predicted octanol–water partition coefficient (Wildman–Crippen LogP) is 3.20. The lowest BCUT2D eigenvalue weighted by Gasteiger charge is -2.16. The van der Waals surface area contributed by atoms with Crippen LogP contribution in [-0.2, 0) is 19.6 Å². The zero-order valence-electron chi connectivity index (χ0n) is 9.32. The number of nitrogens with zero attached hydrogens (tertiary/aromatic N) is 2. The number of thiophene rings is 1. The fourth-order valence-electron chi connectivity index (χ4n) is 2.37. The van der Waals surface area contributed by atoms with Crippen LogP contribution < -0.4 is 0 Å². The van der Waals surface area contributed by atoms with E-state index in [2.05, 4.69) is 31.5 Å². The van der Waals surface area contributed by atoms with Crippen LogP contribution in [-0.4, -0.2) is 14.7 Å². The van der Waals surface area contributed by atoms with Crippen LogP contribution in [0.3, 0.4) is 0 Å². The summed E-state index contributed by atoms with van der Waals surface area (Å²) in [6, 6.07) is 4.13. The maximum atomic E-state index is 9.38. The van der Waals surface area contributed by atoms with Gasteiger partial charge in [0.25, 0.3) is 0 Å². The summed E-state index contributed by atoms with van der Waals surface area (Å²) in [6.45, 7) is 1.06. The van der Waals surface area contributed by atoms with Gasteiger partial charge in [0.05, 0.1) is 21.0 Å². The van der Waals surface area contributed by atoms with Crippen LogP contribution in [0.2, 0.25) is 0 Å². The molecule has 0 saturated carbocycles. The molecule has 17 heavy (non-hydrogen) atoms. The molecule has 1 aliphatic rings. The number of fused-ring (bicyclic) bond motifs is 1. The van der Waals surface area contributed by atoms with E-state index in [1.807, 2.05) is 6.07 Å². The molecule has 0 aromatic carbocycles. The summed E-state index contributed by atoms with van der Waals surface area (Å²) in [7, 11) is 0. The number of rotatable bonds is 2. The van der Waals surface area contributed by atoms with Crippen molar-refractivity contribution in [1.82, 2.24) is 9.55 Å². The van der Waals surface area contributed by atoms with Crippen molar-refractivity contribution in [2.24, 2.45) is 0 Å². The summed E-state index contributed by atoms with van der Waals surface area (Å²) >= 11 is 5.17. The van der Waals surface area contributed by atoms with E-state index < -0.39 is 0 Å². The minimum atomic E-state index is 0.0435. The molecule has 3 rings (SSSR count). The van der Waals surface area contributed by atoms with Crippen LogP contribution in [0.1, 0.15) is 24.2 Å². The number of aliphatic hydroxyl groups excluding tert-OH is 1. The Balaban J connectivity index is 2.13. The zero-order valence-corrected chi connectivity index (χ0v) is 11.7. The van der Waals surface area contributed by atoms with Crippen LogP contribution in [0.25, 0.3) is 10.7 Å². The highest BCUT2D eigenvalue weighted by molar-refractivity contribution is 9.11. The van der Waals surface area contributed by atoms with Gasteiger partial charge >= 0.3 is 0 Å². The molecule has 0 spiro atoms. The first kappa shape index (κ1) is 11.4. The lowest BCUT2D eigenvalue weighted by atomic mass is 10.1. The van der Waals surface area contributed by atoms with Crippen LogP contribution >= 0.6 is 27.3 Å². The van der Waals surface area contributed by atoms with Gasteiger partial charge in [-0.05, 0) is 47.3 Å². The standard InChI is InChI=1S/C12H13BrN2OS/c13-11-5-4-10(17-11)12-14-8(7-16)9-3-1-2-6-15(9)12/h4-5,16H,1-3,6-7H2. The Bertz CT molecular complexity index is 547. The molecule has 2 aromatic heterocycles. The van der Waals surface area contributed by atoms with Gasteiger partial charge in [-0.3, -0.25) is 0 Å². The van der Waals surface area contributed by atoms with Crippen molar-refractivity contribution in [1.29, 1.82) is 0 Å². The number of hydrogen-bond acceptors (Lipinski definition) is 3. The normalized spacial score (nSPS) is 14.9. The third-order valence-corrected chi connectivity index (χ3v) is 4.76. The minimum Gasteiger partial charge on any atom is -0.390 e. The van der Waals surface area contributed by atoms with E-state index in [0.29, 0.717) is 0 Å². The van der Waals surface area contributed by atoms with Crippen molar-refractivity contribution in [3.8, 4) is 10.7 Å². The van der Waals surface area contributed by atoms with Crippen molar-refractivity contribution in [2.75, 3.05) is 0 Å². The Morgan fingerprint density at radius 2 is 2.29 bits per heavy atom. The SMILES string of the molecule is OCc1nc(-c2ccc(Br)s2)n2c1CCCC2. The van der Waals surface area contributed by atoms with Crippen molar-refractivity contribution >= 4 is 27.3 Å². The van der Waals surface area contributed by atoms with E-state index in [-0.39, 0.29) is 6.61 Å². The summed E-state index contributed by atoms with van der Waals surface area (Å²) in [4.78, 5) is 5.76. The minimum absolute atomic E-state index is 0.0435. The monoisotopic (exact) mass is 312 g/mol. The number of aromatic nitrogens is 2. The predicted molar refractivity (Wildman–Crippen MR) is 72.1 cm³/mol. The zero-order chi connectivity index (χ0) is 11.8. The van der Waals surface area contributed by atoms with Crippen molar-refractivity contribution < 1.29 is 5.11 Å². The molecule has 0 unspecified atom stereocenters. The van der Waals surface area contributed by atoms with Gasteiger partial charge in [-0.2, -0.15) is 0 Å². The molecular formula is C12H13BrN2OS. The van der Waals surface area contributed by atoms with Crippen LogP contribution in [0.15, 0.2) is 15.9 Å². The average molecular weight is 313 g/mol. The third-order valence-electron chi connectivity index (χ3n) is 3.14. The summed E-state index contributed by atoms with van der Waals surface area (Å²) in [6.07, 6.45) is 3.44. The molecule has 5 heteroatoms. The fraction of sp³-hybridized carbons (Fsp3) is 0.417. The summed E-state index contributed by atoms with van der Waals surface area (Å²) in [5, 5.41) is 9.38. The first-order valence-electron chi connectivity index (χ1n) is 5.74. The summed E-state index contributed by atoms with van der Waals surface area (Å²) in [5.41, 5.74) is 2.07. The van der Waals surface area contributed by atoms with Gasteiger partial charge in [-0.1, -0.05) is 0 Å². The number of imidazole rings is 1. The largest absolute Gasteiger partial charge is 0.390 e. The Morgan fingerprint density at radius 1 is 1.41 bits per heavy atom. The maximum Gasteiger partial charge on any atom is 0.150 e. The lowest BCUT2D eigenvalue weighted by molar-refractivity contribution is 0.275. The topological polar surface area (TPSA) is 38.1 Å². The van der Waals surface area contributed by atoms with E-state index in [4.69, 9.17) is 0 Å². The van der Waals surface area contributed by atoms with Gasteiger partial charge in [-0.15, -0.1) is 11.3 Å². The van der Waals surface area contributed by atoms with Crippen molar-refractivity contribution in [3.05, 3.63) is 27.3 Å². The first-order valence-corrected chi connectivity index (χ1v) is 7.35. The molecule has 3 nitrogen and oxygen atoms in total. The summed E-state index contributed by atoms with van der Waals surface area (Å²) in [5.74, 6) is 1.01. The van der Waals surface area contributed by atoms with Gasteiger partial charge in [0.15, 0.2) is 5.82 Å². The molecule has 0 bridgehead atoms. The van der Waals surface area contributed by atoms with Gasteiger partial charge in [-0.25, -0.2) is 4.98 Å². The smallest absolute Gasteiger partial charge is 0.150 e. The molecule has 0 radical (unpaired) electrons. The van der Waals surface area contributed by atoms with Crippen LogP contribution in [0, 0.1) is 0 Å². The number of hydrogen-bond donors (Lipinski definition) is 1. The summed E-state index contributed by atoms with van der Waals surface area (Å²) < 4.78 is 3.39. The van der Waals surface area contributed by atoms with E-state index in [9.17, 15) is 5.11 Å². The maximum absolute atomic E-state index is 9.38. The lowest BCUT2D eigenvalue weighted by Crippen LogP contribution is -2.11. The highest BCUT2D eigenvalue weighted by Gasteiger charge is 2.20. The second-order valence-electron chi connectivity index (χ2n) is 4.20. The molecule has 1 N–H and O–H groups in total. The number of aliphatic hydroxyl groups is 1. The Morgan fingerprint density at radius 3 is 3.00 bits per heavy atom. The molecule has 0 atom stereocenters. The van der Waals surface area contributed by atoms with Crippen molar-refractivity contribution in [3.63, 3.8) is 0 Å². The fourth-order valence-corrected chi connectivity index (χ4v) is 3.75. The molecule has 0 saturated heterocycles. The second kappa shape index (κ2) is 4.55. The molecule has 90 valence electrons. The van der Waals surface area contributed by atoms with Gasteiger partial charge in [0, 0.05) is 12.2 Å². The Hall–Kier alpha value is -0.650. The molecule has 3 heterocycles. The highest BCUT2D eigenvalue weighted by atomic mass is 79.9. The first-order chi connectivity index (χ1) is 8.29. The Labute approximate surface area is 112 Å². The van der Waals surface area contributed by atoms with Crippen molar-refractivity contribution in [2.45, 2.75) is 32.4 Å². The Kier molecular flexibility index (Phi) is 3.06. The molecule has 1 aliphatic heterocycles. The van der Waals surface area contributed by atoms with E-state index >= 15 is 0 Å². The molecule has 0 aliphatic carbocycles. The van der Waals surface area contributed by atoms with Gasteiger partial charge in [0.2, 0.25) is 0 Å². The quantitative estimate of drug-likeness (QED) is 0.924. The molecule has 0 amide bonds. The molecular weight excluding hydrogens is 300 g/mol. The van der Waals surface area contributed by atoms with E-state index in [1.54, 1.807) is 11.3 Å². The molecule has 0 fully saturated rings. The molecule has 2 aromatic rings. The van der Waals surface area contributed by atoms with E-state index in [1.165, 1.54) is 23.4 Å². The third kappa shape index (κ3) is 1.96. The second-order valence-corrected chi connectivity index (χ2v) is 6.66. The van der Waals surface area contributed by atoms with Gasteiger partial charge in [0.1, 0.15) is 0 Å². The average Bonchev–Trinajstić information content (AvgIpc) is 2.92. The van der Waals surface area contributed by atoms with Gasteiger partial charge < -0.3 is 9.67 Å². The highest BCUT2D eigenvalue weighted by Crippen LogP contribution is 2.33. The van der Waals surface area contributed by atoms with E-state index in [0.717, 1.165) is 28.3 Å². The number of halogens is 1.